The van der Waals surface area contributed by atoms with Crippen molar-refractivity contribution in [1.82, 2.24) is 14.5 Å². The van der Waals surface area contributed by atoms with Crippen molar-refractivity contribution < 1.29 is 22.7 Å². The molecule has 1 fully saturated rings. The summed E-state index contributed by atoms with van der Waals surface area (Å²) in [4.78, 5) is 14.8. The largest absolute Gasteiger partial charge is 0.495 e. The maximum absolute atomic E-state index is 13.1. The lowest BCUT2D eigenvalue weighted by Crippen LogP contribution is -2.40. The maximum atomic E-state index is 13.1. The van der Waals surface area contributed by atoms with Gasteiger partial charge < -0.3 is 14.8 Å². The van der Waals surface area contributed by atoms with Gasteiger partial charge in [0, 0.05) is 23.7 Å². The van der Waals surface area contributed by atoms with E-state index >= 15 is 0 Å². The van der Waals surface area contributed by atoms with E-state index in [0.29, 0.717) is 18.9 Å². The molecule has 0 radical (unpaired) electrons. The van der Waals surface area contributed by atoms with E-state index < -0.39 is 15.9 Å². The number of carbonyl (C=O) groups excluding carboxylic acids is 1. The molecule has 4 rings (SSSR count). The smallest absolute Gasteiger partial charge is 0.276 e. The van der Waals surface area contributed by atoms with Gasteiger partial charge in [0.15, 0.2) is 5.69 Å². The number of thiophene rings is 1. The van der Waals surface area contributed by atoms with E-state index in [-0.39, 0.29) is 29.4 Å². The number of sulfonamides is 1. The highest BCUT2D eigenvalue weighted by molar-refractivity contribution is 7.89. The van der Waals surface area contributed by atoms with Crippen molar-refractivity contribution in [3.63, 3.8) is 0 Å². The van der Waals surface area contributed by atoms with Gasteiger partial charge in [0.2, 0.25) is 10.0 Å². The SMILES string of the molecule is COc1ccc(NC(=O)c2cc(-c3ccc(C)s3)[nH]n2)cc1S(=O)(=O)N1CCOCC1. The molecule has 2 aromatic heterocycles. The van der Waals surface area contributed by atoms with E-state index in [1.165, 1.54) is 23.5 Å². The highest BCUT2D eigenvalue weighted by atomic mass is 32.2. The van der Waals surface area contributed by atoms with Crippen molar-refractivity contribution in [2.75, 3.05) is 38.7 Å². The lowest BCUT2D eigenvalue weighted by molar-refractivity contribution is 0.0729. The van der Waals surface area contributed by atoms with E-state index in [9.17, 15) is 13.2 Å². The molecule has 0 saturated carbocycles. The van der Waals surface area contributed by atoms with Gasteiger partial charge in [0.05, 0.1) is 30.9 Å². The summed E-state index contributed by atoms with van der Waals surface area (Å²) in [5, 5.41) is 9.66. The van der Waals surface area contributed by atoms with Gasteiger partial charge in [0.1, 0.15) is 10.6 Å². The van der Waals surface area contributed by atoms with Crippen LogP contribution in [0.25, 0.3) is 10.6 Å². The number of benzene rings is 1. The first-order chi connectivity index (χ1) is 14.9. The Bertz CT molecular complexity index is 1200. The first-order valence-corrected chi connectivity index (χ1v) is 11.8. The van der Waals surface area contributed by atoms with Crippen molar-refractivity contribution in [3.8, 4) is 16.3 Å². The zero-order valence-corrected chi connectivity index (χ0v) is 18.7. The van der Waals surface area contributed by atoms with Gasteiger partial charge in [-0.2, -0.15) is 9.40 Å². The Morgan fingerprint density at radius 2 is 2.00 bits per heavy atom. The van der Waals surface area contributed by atoms with Crippen LogP contribution in [0.5, 0.6) is 5.75 Å². The van der Waals surface area contributed by atoms with E-state index in [2.05, 4.69) is 15.5 Å². The van der Waals surface area contributed by atoms with Crippen LogP contribution in [0.15, 0.2) is 41.3 Å². The quantitative estimate of drug-likeness (QED) is 0.582. The molecular weight excluding hydrogens is 440 g/mol. The number of ether oxygens (including phenoxy) is 2. The Kier molecular flexibility index (Phi) is 6.10. The molecular formula is C20H22N4O5S2. The number of aromatic amines is 1. The number of nitrogens with one attached hydrogen (secondary N) is 2. The average Bonchev–Trinajstić information content (AvgIpc) is 3.43. The molecule has 9 nitrogen and oxygen atoms in total. The van der Waals surface area contributed by atoms with E-state index in [0.717, 1.165) is 15.4 Å². The molecule has 3 aromatic rings. The number of methoxy groups -OCH3 is 1. The number of rotatable bonds is 6. The minimum absolute atomic E-state index is 0.00789. The van der Waals surface area contributed by atoms with Gasteiger partial charge in [-0.25, -0.2) is 8.42 Å². The fourth-order valence-electron chi connectivity index (χ4n) is 3.22. The van der Waals surface area contributed by atoms with Crippen LogP contribution in [0.1, 0.15) is 15.4 Å². The lowest BCUT2D eigenvalue weighted by atomic mass is 10.2. The number of H-pyrrole nitrogens is 1. The minimum Gasteiger partial charge on any atom is -0.495 e. The van der Waals surface area contributed by atoms with Gasteiger partial charge in [-0.15, -0.1) is 11.3 Å². The average molecular weight is 463 g/mol. The Balaban J connectivity index is 1.57. The molecule has 1 aliphatic rings. The second-order valence-electron chi connectivity index (χ2n) is 6.91. The molecule has 11 heteroatoms. The number of amides is 1. The normalized spacial score (nSPS) is 15.0. The van der Waals surface area contributed by atoms with Gasteiger partial charge >= 0.3 is 0 Å². The number of aromatic nitrogens is 2. The molecule has 164 valence electrons. The number of morpholine rings is 1. The van der Waals surface area contributed by atoms with Crippen molar-refractivity contribution in [1.29, 1.82) is 0 Å². The van der Waals surface area contributed by atoms with Crippen molar-refractivity contribution in [2.45, 2.75) is 11.8 Å². The van der Waals surface area contributed by atoms with Crippen LogP contribution < -0.4 is 10.1 Å². The maximum Gasteiger partial charge on any atom is 0.276 e. The molecule has 0 bridgehead atoms. The van der Waals surface area contributed by atoms with Crippen LogP contribution in [0, 0.1) is 6.92 Å². The summed E-state index contributed by atoms with van der Waals surface area (Å²) < 4.78 is 38.0. The number of hydrogen-bond acceptors (Lipinski definition) is 7. The second kappa shape index (κ2) is 8.79. The summed E-state index contributed by atoms with van der Waals surface area (Å²) in [6.07, 6.45) is 0. The molecule has 1 aromatic carbocycles. The lowest BCUT2D eigenvalue weighted by Gasteiger charge is -2.26. The van der Waals surface area contributed by atoms with Gasteiger partial charge in [-0.3, -0.25) is 9.89 Å². The number of nitrogens with zero attached hydrogens (tertiary/aromatic N) is 2. The summed E-state index contributed by atoms with van der Waals surface area (Å²) in [7, 11) is -2.39. The van der Waals surface area contributed by atoms with Crippen LogP contribution in [0.2, 0.25) is 0 Å². The van der Waals surface area contributed by atoms with Crippen LogP contribution >= 0.6 is 11.3 Å². The van der Waals surface area contributed by atoms with Gasteiger partial charge in [0.25, 0.3) is 5.91 Å². The molecule has 0 aliphatic carbocycles. The van der Waals surface area contributed by atoms with Gasteiger partial charge in [-0.1, -0.05) is 0 Å². The molecule has 1 saturated heterocycles. The Morgan fingerprint density at radius 3 is 2.68 bits per heavy atom. The van der Waals surface area contributed by atoms with Crippen LogP contribution in [0.4, 0.5) is 5.69 Å². The third kappa shape index (κ3) is 4.49. The molecule has 1 aliphatic heterocycles. The first kappa shape index (κ1) is 21.5. The molecule has 0 spiro atoms. The van der Waals surface area contributed by atoms with Crippen molar-refractivity contribution in [2.24, 2.45) is 0 Å². The Morgan fingerprint density at radius 1 is 1.23 bits per heavy atom. The van der Waals surface area contributed by atoms with Crippen LogP contribution in [-0.2, 0) is 14.8 Å². The van der Waals surface area contributed by atoms with Crippen LogP contribution in [-0.4, -0.2) is 62.2 Å². The highest BCUT2D eigenvalue weighted by Gasteiger charge is 2.29. The summed E-state index contributed by atoms with van der Waals surface area (Å²) in [6, 6.07) is 10.1. The first-order valence-electron chi connectivity index (χ1n) is 9.58. The fraction of sp³-hybridized carbons (Fsp3) is 0.300. The summed E-state index contributed by atoms with van der Waals surface area (Å²) in [6.45, 7) is 3.21. The molecule has 1 amide bonds. The zero-order valence-electron chi connectivity index (χ0n) is 17.0. The second-order valence-corrected chi connectivity index (χ2v) is 10.1. The highest BCUT2D eigenvalue weighted by Crippen LogP contribution is 2.31. The van der Waals surface area contributed by atoms with Crippen molar-refractivity contribution >= 4 is 33.0 Å². The third-order valence-corrected chi connectivity index (χ3v) is 7.78. The predicted octanol–water partition coefficient (Wildman–Crippen LogP) is 2.73. The van der Waals surface area contributed by atoms with Crippen molar-refractivity contribution in [3.05, 3.63) is 47.0 Å². The standard InChI is InChI=1S/C20H22N4O5S2/c1-13-3-6-18(30-13)15-12-16(23-22-15)20(25)21-14-4-5-17(28-2)19(11-14)31(26,27)24-7-9-29-10-8-24/h3-6,11-12H,7-10H2,1-2H3,(H,21,25)(H,22,23). The molecule has 31 heavy (non-hydrogen) atoms. The predicted molar refractivity (Wildman–Crippen MR) is 117 cm³/mol. The monoisotopic (exact) mass is 462 g/mol. The Hall–Kier alpha value is -2.73. The summed E-state index contributed by atoms with van der Waals surface area (Å²) in [5.41, 5.74) is 1.28. The Labute approximate surface area is 184 Å². The topological polar surface area (TPSA) is 114 Å². The number of anilines is 1. The van der Waals surface area contributed by atoms with E-state index in [1.807, 2.05) is 19.1 Å². The van der Waals surface area contributed by atoms with Gasteiger partial charge in [-0.05, 0) is 43.3 Å². The minimum atomic E-state index is -3.80. The molecule has 0 unspecified atom stereocenters. The molecule has 2 N–H and O–H groups in total. The number of hydrogen-bond donors (Lipinski definition) is 2. The fourth-order valence-corrected chi connectivity index (χ4v) is 5.64. The third-order valence-electron chi connectivity index (χ3n) is 4.83. The zero-order chi connectivity index (χ0) is 22.0. The molecule has 0 atom stereocenters. The number of aryl methyl sites for hydroxylation is 1. The number of carbonyl (C=O) groups is 1. The summed E-state index contributed by atoms with van der Waals surface area (Å²) >= 11 is 1.60. The van der Waals surface area contributed by atoms with E-state index in [1.54, 1.807) is 23.5 Å². The summed E-state index contributed by atoms with van der Waals surface area (Å²) in [5.74, 6) is -0.240. The van der Waals surface area contributed by atoms with Crippen LogP contribution in [0.3, 0.4) is 0 Å². The molecule has 3 heterocycles. The van der Waals surface area contributed by atoms with E-state index in [4.69, 9.17) is 9.47 Å².